The van der Waals surface area contributed by atoms with Crippen molar-refractivity contribution in [1.29, 1.82) is 0 Å². The second kappa shape index (κ2) is 6.31. The second-order valence-electron chi connectivity index (χ2n) is 4.72. The topological polar surface area (TPSA) is 74.2 Å². The van der Waals surface area contributed by atoms with Crippen molar-refractivity contribution in [2.45, 2.75) is 6.04 Å². The minimum atomic E-state index is -1.31. The quantitative estimate of drug-likeness (QED) is 0.490. The lowest BCUT2D eigenvalue weighted by Crippen LogP contribution is -2.29. The van der Waals surface area contributed by atoms with E-state index in [1.807, 2.05) is 0 Å². The number of cyclic esters (lactones) is 1. The van der Waals surface area contributed by atoms with Gasteiger partial charge in [-0.3, -0.25) is 0 Å². The largest absolute Gasteiger partial charge is 0.497 e. The van der Waals surface area contributed by atoms with Crippen molar-refractivity contribution in [2.75, 3.05) is 7.11 Å². The number of rotatable bonds is 4. The van der Waals surface area contributed by atoms with E-state index in [9.17, 15) is 9.59 Å². The highest BCUT2D eigenvalue weighted by atomic mass is 16.6. The lowest BCUT2D eigenvalue weighted by atomic mass is 10.2. The normalized spacial score (nSPS) is 16.5. The molecule has 6 heteroatoms. The highest BCUT2D eigenvalue weighted by Crippen LogP contribution is 2.19. The zero-order valence-corrected chi connectivity index (χ0v) is 12.3. The molecule has 0 spiro atoms. The first kappa shape index (κ1) is 14.8. The fourth-order valence-corrected chi connectivity index (χ4v) is 2.02. The fraction of sp³-hybridized carbons (Fsp3) is 0.118. The van der Waals surface area contributed by atoms with E-state index in [4.69, 9.17) is 14.2 Å². The van der Waals surface area contributed by atoms with Crippen LogP contribution in [-0.4, -0.2) is 31.0 Å². The molecule has 0 bridgehead atoms. The van der Waals surface area contributed by atoms with Crippen molar-refractivity contribution in [3.63, 3.8) is 0 Å². The van der Waals surface area contributed by atoms with Gasteiger partial charge in [0.15, 0.2) is 0 Å². The van der Waals surface area contributed by atoms with Gasteiger partial charge in [0, 0.05) is 5.56 Å². The lowest BCUT2D eigenvalue weighted by Gasteiger charge is -2.04. The number of carbonyl (C=O) groups is 2. The number of ether oxygens (including phenoxy) is 3. The molecule has 6 nitrogen and oxygen atoms in total. The Morgan fingerprint density at radius 1 is 1.04 bits per heavy atom. The summed E-state index contributed by atoms with van der Waals surface area (Å²) in [6.07, 6.45) is 0. The minimum absolute atomic E-state index is 0.0904. The van der Waals surface area contributed by atoms with Gasteiger partial charge >= 0.3 is 11.9 Å². The van der Waals surface area contributed by atoms with Crippen LogP contribution in [-0.2, 0) is 14.3 Å². The Kier molecular flexibility index (Phi) is 4.05. The number of para-hydroxylation sites is 1. The Bertz CT molecular complexity index is 752. The summed E-state index contributed by atoms with van der Waals surface area (Å²) in [5.74, 6) is -0.425. The van der Waals surface area contributed by atoms with Gasteiger partial charge in [-0.05, 0) is 36.4 Å². The third kappa shape index (κ3) is 3.21. The fourth-order valence-electron chi connectivity index (χ4n) is 2.02. The number of esters is 2. The van der Waals surface area contributed by atoms with E-state index >= 15 is 0 Å². The third-order valence-corrected chi connectivity index (χ3v) is 3.19. The monoisotopic (exact) mass is 311 g/mol. The summed E-state index contributed by atoms with van der Waals surface area (Å²) in [4.78, 5) is 27.9. The predicted octanol–water partition coefficient (Wildman–Crippen LogP) is 1.97. The molecule has 0 saturated heterocycles. The third-order valence-electron chi connectivity index (χ3n) is 3.19. The predicted molar refractivity (Wildman–Crippen MR) is 81.5 cm³/mol. The van der Waals surface area contributed by atoms with Crippen LogP contribution in [0.25, 0.3) is 0 Å². The van der Waals surface area contributed by atoms with E-state index in [1.54, 1.807) is 61.7 Å². The molecule has 2 aromatic carbocycles. The molecule has 116 valence electrons. The van der Waals surface area contributed by atoms with Crippen LogP contribution < -0.4 is 9.47 Å². The molecule has 1 aliphatic heterocycles. The van der Waals surface area contributed by atoms with Gasteiger partial charge in [-0.15, -0.1) is 0 Å². The Balaban J connectivity index is 1.76. The van der Waals surface area contributed by atoms with Gasteiger partial charge in [-0.2, -0.15) is 0 Å². The SMILES string of the molecule is COc1ccc(C2=N[C@@H](C(=O)Oc3ccccc3)C(=O)O2)cc1. The van der Waals surface area contributed by atoms with Crippen molar-refractivity contribution >= 4 is 17.8 Å². The molecule has 0 saturated carbocycles. The summed E-state index contributed by atoms with van der Waals surface area (Å²) in [6, 6.07) is 14.0. The molecule has 0 unspecified atom stereocenters. The molecule has 0 amide bonds. The molecule has 0 fully saturated rings. The zero-order valence-electron chi connectivity index (χ0n) is 12.3. The summed E-state index contributed by atoms with van der Waals surface area (Å²) in [5.41, 5.74) is 0.578. The van der Waals surface area contributed by atoms with E-state index in [0.29, 0.717) is 17.1 Å². The van der Waals surface area contributed by atoms with Gasteiger partial charge in [-0.1, -0.05) is 18.2 Å². The zero-order chi connectivity index (χ0) is 16.2. The lowest BCUT2D eigenvalue weighted by molar-refractivity contribution is -0.145. The molecule has 0 aliphatic carbocycles. The Labute approximate surface area is 132 Å². The van der Waals surface area contributed by atoms with Crippen molar-refractivity contribution in [3.8, 4) is 11.5 Å². The summed E-state index contributed by atoms with van der Waals surface area (Å²) >= 11 is 0. The summed E-state index contributed by atoms with van der Waals surface area (Å²) < 4.78 is 15.2. The summed E-state index contributed by atoms with van der Waals surface area (Å²) in [5, 5.41) is 0. The first-order valence-electron chi connectivity index (χ1n) is 6.88. The maximum atomic E-state index is 12.1. The molecule has 3 rings (SSSR count). The van der Waals surface area contributed by atoms with Crippen LogP contribution in [0.15, 0.2) is 59.6 Å². The van der Waals surface area contributed by atoms with E-state index in [0.717, 1.165) is 0 Å². The van der Waals surface area contributed by atoms with Crippen LogP contribution in [0, 0.1) is 0 Å². The number of hydrogen-bond acceptors (Lipinski definition) is 6. The van der Waals surface area contributed by atoms with E-state index < -0.39 is 18.0 Å². The molecular formula is C17H13NO5. The molecule has 23 heavy (non-hydrogen) atoms. The van der Waals surface area contributed by atoms with Gasteiger partial charge < -0.3 is 14.2 Å². The smallest absolute Gasteiger partial charge is 0.349 e. The molecular weight excluding hydrogens is 298 g/mol. The number of aliphatic imine (C=N–C) groups is 1. The number of benzene rings is 2. The van der Waals surface area contributed by atoms with Gasteiger partial charge in [0.1, 0.15) is 11.5 Å². The summed E-state index contributed by atoms with van der Waals surface area (Å²) in [7, 11) is 1.55. The van der Waals surface area contributed by atoms with Crippen LogP contribution in [0.2, 0.25) is 0 Å². The number of methoxy groups -OCH3 is 1. The minimum Gasteiger partial charge on any atom is -0.497 e. The van der Waals surface area contributed by atoms with E-state index in [-0.39, 0.29) is 5.90 Å². The van der Waals surface area contributed by atoms with Gasteiger partial charge in [-0.25, -0.2) is 14.6 Å². The molecule has 0 N–H and O–H groups in total. The summed E-state index contributed by atoms with van der Waals surface area (Å²) in [6.45, 7) is 0. The second-order valence-corrected chi connectivity index (χ2v) is 4.72. The van der Waals surface area contributed by atoms with Gasteiger partial charge in [0.2, 0.25) is 11.9 Å². The highest BCUT2D eigenvalue weighted by molar-refractivity contribution is 6.13. The maximum absolute atomic E-state index is 12.1. The molecule has 2 aromatic rings. The van der Waals surface area contributed by atoms with Crippen molar-refractivity contribution in [1.82, 2.24) is 0 Å². The van der Waals surface area contributed by atoms with Crippen LogP contribution in [0.3, 0.4) is 0 Å². The van der Waals surface area contributed by atoms with Crippen LogP contribution in [0.5, 0.6) is 11.5 Å². The molecule has 0 aromatic heterocycles. The van der Waals surface area contributed by atoms with E-state index in [1.165, 1.54) is 0 Å². The first-order valence-corrected chi connectivity index (χ1v) is 6.88. The average molecular weight is 311 g/mol. The average Bonchev–Trinajstić information content (AvgIpc) is 2.98. The highest BCUT2D eigenvalue weighted by Gasteiger charge is 2.37. The molecule has 1 heterocycles. The Morgan fingerprint density at radius 3 is 2.39 bits per heavy atom. The number of nitrogens with zero attached hydrogens (tertiary/aromatic N) is 1. The van der Waals surface area contributed by atoms with Crippen molar-refractivity contribution in [2.24, 2.45) is 4.99 Å². The number of carbonyl (C=O) groups excluding carboxylic acids is 2. The maximum Gasteiger partial charge on any atom is 0.349 e. The van der Waals surface area contributed by atoms with Crippen LogP contribution in [0.4, 0.5) is 0 Å². The van der Waals surface area contributed by atoms with E-state index in [2.05, 4.69) is 4.99 Å². The molecule has 0 radical (unpaired) electrons. The van der Waals surface area contributed by atoms with Crippen molar-refractivity contribution < 1.29 is 23.8 Å². The van der Waals surface area contributed by atoms with Crippen LogP contribution >= 0.6 is 0 Å². The first-order chi connectivity index (χ1) is 11.2. The Morgan fingerprint density at radius 2 is 1.74 bits per heavy atom. The molecule has 1 atom stereocenters. The van der Waals surface area contributed by atoms with Gasteiger partial charge in [0.05, 0.1) is 7.11 Å². The van der Waals surface area contributed by atoms with Gasteiger partial charge in [0.25, 0.3) is 0 Å². The standard InChI is InChI=1S/C17H13NO5/c1-21-12-9-7-11(8-10-12)15-18-14(17(20)23-15)16(19)22-13-5-3-2-4-6-13/h2-10,14H,1H3/t14-/m0/s1. The molecule has 1 aliphatic rings. The Hall–Kier alpha value is -3.15. The van der Waals surface area contributed by atoms with Crippen molar-refractivity contribution in [3.05, 3.63) is 60.2 Å². The number of hydrogen-bond donors (Lipinski definition) is 0. The van der Waals surface area contributed by atoms with Crippen LogP contribution in [0.1, 0.15) is 5.56 Å².